The van der Waals surface area contributed by atoms with Crippen LogP contribution in [0.15, 0.2) is 18.2 Å². The number of rotatable bonds is 3. The number of carboxylic acids is 1. The number of aliphatic carboxylic acids is 1. The lowest BCUT2D eigenvalue weighted by Gasteiger charge is -2.21. The zero-order valence-corrected chi connectivity index (χ0v) is 12.5. The molecule has 2 rings (SSSR count). The molecule has 1 aromatic rings. The number of benzene rings is 1. The van der Waals surface area contributed by atoms with Gasteiger partial charge in [-0.05, 0) is 25.5 Å². The predicted molar refractivity (Wildman–Crippen MR) is 77.4 cm³/mol. The number of nitrogens with zero attached hydrogens (tertiary/aromatic N) is 1. The molecule has 1 heterocycles. The largest absolute Gasteiger partial charge is 0.481 e. The smallest absolute Gasteiger partial charge is 0.321 e. The molecule has 1 aliphatic rings. The first-order valence-electron chi connectivity index (χ1n) is 6.60. The summed E-state index contributed by atoms with van der Waals surface area (Å²) >= 11 is 5.89. The van der Waals surface area contributed by atoms with E-state index in [9.17, 15) is 18.4 Å². The Labute approximate surface area is 130 Å². The number of amides is 2. The van der Waals surface area contributed by atoms with E-state index in [1.807, 2.05) is 0 Å². The Bertz CT molecular complexity index is 612. The number of anilines is 1. The number of halogens is 3. The maximum atomic E-state index is 12.7. The Morgan fingerprint density at radius 3 is 2.68 bits per heavy atom. The summed E-state index contributed by atoms with van der Waals surface area (Å²) in [5, 5.41) is 11.7. The van der Waals surface area contributed by atoms with Crippen molar-refractivity contribution >= 4 is 29.3 Å². The minimum absolute atomic E-state index is 0.0559. The zero-order valence-electron chi connectivity index (χ0n) is 11.8. The highest BCUT2D eigenvalue weighted by atomic mass is 35.5. The van der Waals surface area contributed by atoms with Gasteiger partial charge in [-0.2, -0.15) is 0 Å². The minimum Gasteiger partial charge on any atom is -0.481 e. The fourth-order valence-electron chi connectivity index (χ4n) is 2.28. The van der Waals surface area contributed by atoms with Crippen LogP contribution < -0.4 is 5.32 Å². The first-order valence-corrected chi connectivity index (χ1v) is 6.98. The number of likely N-dealkylation sites (tertiary alicyclic amines) is 1. The van der Waals surface area contributed by atoms with Crippen LogP contribution >= 0.6 is 11.6 Å². The Morgan fingerprint density at radius 2 is 2.14 bits per heavy atom. The van der Waals surface area contributed by atoms with Crippen molar-refractivity contribution in [2.45, 2.75) is 19.8 Å². The van der Waals surface area contributed by atoms with Crippen molar-refractivity contribution < 1.29 is 23.5 Å². The molecule has 1 aliphatic heterocycles. The van der Waals surface area contributed by atoms with Crippen molar-refractivity contribution in [1.82, 2.24) is 4.90 Å². The second-order valence-corrected chi connectivity index (χ2v) is 5.91. The van der Waals surface area contributed by atoms with Crippen molar-refractivity contribution in [2.24, 2.45) is 5.41 Å². The number of carbonyl (C=O) groups is 2. The van der Waals surface area contributed by atoms with Crippen LogP contribution in [-0.4, -0.2) is 35.1 Å². The predicted octanol–water partition coefficient (Wildman–Crippen LogP) is 3.61. The van der Waals surface area contributed by atoms with Crippen LogP contribution in [0.4, 0.5) is 19.3 Å². The van der Waals surface area contributed by atoms with Crippen molar-refractivity contribution in [3.05, 3.63) is 28.8 Å². The summed E-state index contributed by atoms with van der Waals surface area (Å²) in [6, 6.07) is 3.01. The van der Waals surface area contributed by atoms with E-state index in [0.717, 1.165) is 6.07 Å². The van der Waals surface area contributed by atoms with E-state index < -0.39 is 23.8 Å². The Balaban J connectivity index is 2.10. The van der Waals surface area contributed by atoms with Crippen molar-refractivity contribution in [3.8, 4) is 0 Å². The molecule has 120 valence electrons. The molecule has 0 spiro atoms. The molecule has 2 N–H and O–H groups in total. The first-order chi connectivity index (χ1) is 10.2. The summed E-state index contributed by atoms with van der Waals surface area (Å²) in [6.07, 6.45) is -2.34. The van der Waals surface area contributed by atoms with E-state index in [1.165, 1.54) is 17.0 Å². The van der Waals surface area contributed by atoms with E-state index in [4.69, 9.17) is 16.7 Å². The third-order valence-electron chi connectivity index (χ3n) is 3.76. The number of nitrogens with one attached hydrogen (secondary N) is 1. The van der Waals surface area contributed by atoms with Crippen LogP contribution in [0.1, 0.15) is 25.3 Å². The van der Waals surface area contributed by atoms with Crippen molar-refractivity contribution in [3.63, 3.8) is 0 Å². The third-order valence-corrected chi connectivity index (χ3v) is 4.09. The molecule has 0 aliphatic carbocycles. The van der Waals surface area contributed by atoms with Crippen molar-refractivity contribution in [1.29, 1.82) is 0 Å². The summed E-state index contributed by atoms with van der Waals surface area (Å²) in [4.78, 5) is 24.6. The molecule has 1 saturated heterocycles. The average Bonchev–Trinajstić information content (AvgIpc) is 2.85. The molecule has 1 aromatic carbocycles. The van der Waals surface area contributed by atoms with E-state index in [2.05, 4.69) is 5.32 Å². The lowest BCUT2D eigenvalue weighted by Crippen LogP contribution is -2.37. The van der Waals surface area contributed by atoms with Gasteiger partial charge in [0, 0.05) is 18.7 Å². The van der Waals surface area contributed by atoms with Crippen LogP contribution in [0.2, 0.25) is 5.02 Å². The molecule has 0 radical (unpaired) electrons. The Morgan fingerprint density at radius 1 is 1.45 bits per heavy atom. The first kappa shape index (κ1) is 16.5. The monoisotopic (exact) mass is 332 g/mol. The van der Waals surface area contributed by atoms with E-state index in [0.29, 0.717) is 6.42 Å². The fourth-order valence-corrected chi connectivity index (χ4v) is 2.44. The van der Waals surface area contributed by atoms with Crippen LogP contribution in [0.5, 0.6) is 0 Å². The molecule has 1 unspecified atom stereocenters. The van der Waals surface area contributed by atoms with Crippen LogP contribution in [-0.2, 0) is 4.79 Å². The maximum absolute atomic E-state index is 12.7. The molecule has 0 saturated carbocycles. The molecule has 8 heteroatoms. The summed E-state index contributed by atoms with van der Waals surface area (Å²) in [5.41, 5.74) is -1.17. The number of urea groups is 1. The zero-order chi connectivity index (χ0) is 16.5. The number of hydrogen-bond donors (Lipinski definition) is 2. The molecular formula is C14H15ClF2N2O3. The van der Waals surface area contributed by atoms with Gasteiger partial charge in [0.05, 0.1) is 16.1 Å². The molecule has 0 aromatic heterocycles. The molecule has 5 nitrogen and oxygen atoms in total. The summed E-state index contributed by atoms with van der Waals surface area (Å²) in [6.45, 7) is 1.90. The van der Waals surface area contributed by atoms with Crippen LogP contribution in [0, 0.1) is 5.41 Å². The van der Waals surface area contributed by atoms with Gasteiger partial charge >= 0.3 is 12.0 Å². The fraction of sp³-hybridized carbons (Fsp3) is 0.429. The summed E-state index contributed by atoms with van der Waals surface area (Å²) in [5.74, 6) is -0.972. The highest BCUT2D eigenvalue weighted by Gasteiger charge is 2.42. The third kappa shape index (κ3) is 3.30. The second-order valence-electron chi connectivity index (χ2n) is 5.51. The Kier molecular flexibility index (Phi) is 4.55. The topological polar surface area (TPSA) is 69.6 Å². The standard InChI is InChI=1S/C14H15ClF2N2O3/c1-14(12(20)21)4-5-19(7-14)13(22)18-10-6-8(11(16)17)2-3-9(10)15/h2-3,6,11H,4-5,7H2,1H3,(H,18,22)(H,20,21). The van der Waals surface area contributed by atoms with Gasteiger partial charge in [-0.3, -0.25) is 4.79 Å². The highest BCUT2D eigenvalue weighted by molar-refractivity contribution is 6.33. The van der Waals surface area contributed by atoms with Crippen LogP contribution in [0.25, 0.3) is 0 Å². The van der Waals surface area contributed by atoms with Gasteiger partial charge in [-0.25, -0.2) is 13.6 Å². The second kappa shape index (κ2) is 6.08. The number of carbonyl (C=O) groups excluding carboxylic acids is 1. The molecule has 1 atom stereocenters. The van der Waals surface area contributed by atoms with Crippen molar-refractivity contribution in [2.75, 3.05) is 18.4 Å². The number of hydrogen-bond acceptors (Lipinski definition) is 2. The van der Waals surface area contributed by atoms with E-state index in [-0.39, 0.29) is 29.4 Å². The van der Waals surface area contributed by atoms with E-state index >= 15 is 0 Å². The van der Waals surface area contributed by atoms with Crippen LogP contribution in [0.3, 0.4) is 0 Å². The van der Waals surface area contributed by atoms with Gasteiger partial charge < -0.3 is 15.3 Å². The number of carboxylic acid groups (broad SMARTS) is 1. The van der Waals surface area contributed by atoms with Gasteiger partial charge in [0.2, 0.25) is 0 Å². The molecule has 0 bridgehead atoms. The van der Waals surface area contributed by atoms with Gasteiger partial charge in [0.15, 0.2) is 0 Å². The average molecular weight is 333 g/mol. The van der Waals surface area contributed by atoms with Gasteiger partial charge in [0.25, 0.3) is 6.43 Å². The summed E-state index contributed by atoms with van der Waals surface area (Å²) in [7, 11) is 0. The molecule has 2 amide bonds. The number of alkyl halides is 2. The SMILES string of the molecule is CC1(C(=O)O)CCN(C(=O)Nc2cc(C(F)F)ccc2Cl)C1. The Hall–Kier alpha value is -1.89. The van der Waals surface area contributed by atoms with Gasteiger partial charge in [-0.15, -0.1) is 0 Å². The van der Waals surface area contributed by atoms with E-state index in [1.54, 1.807) is 6.92 Å². The van der Waals surface area contributed by atoms with Gasteiger partial charge in [-0.1, -0.05) is 17.7 Å². The lowest BCUT2D eigenvalue weighted by atomic mass is 9.90. The maximum Gasteiger partial charge on any atom is 0.321 e. The van der Waals surface area contributed by atoms with Gasteiger partial charge in [0.1, 0.15) is 0 Å². The minimum atomic E-state index is -2.67. The highest BCUT2D eigenvalue weighted by Crippen LogP contribution is 2.32. The normalized spacial score (nSPS) is 21.2. The lowest BCUT2D eigenvalue weighted by molar-refractivity contribution is -0.146. The molecular weight excluding hydrogens is 318 g/mol. The molecule has 22 heavy (non-hydrogen) atoms. The quantitative estimate of drug-likeness (QED) is 0.888. The molecule has 1 fully saturated rings. The summed E-state index contributed by atoms with van der Waals surface area (Å²) < 4.78 is 25.4.